The number of hydrogen-bond acceptors (Lipinski definition) is 4. The Morgan fingerprint density at radius 3 is 2.33 bits per heavy atom. The normalized spacial score (nSPS) is 15.2. The highest BCUT2D eigenvalue weighted by molar-refractivity contribution is 7.90. The number of hydrogen-bond donors (Lipinski definition) is 2. The van der Waals surface area contributed by atoms with Crippen molar-refractivity contribution in [2.24, 2.45) is 11.8 Å². The number of rotatable bonds is 9. The third-order valence-electron chi connectivity index (χ3n) is 5.47. The highest BCUT2D eigenvalue weighted by atomic mass is 32.2. The van der Waals surface area contributed by atoms with Gasteiger partial charge in [0.15, 0.2) is 9.84 Å². The van der Waals surface area contributed by atoms with E-state index in [-0.39, 0.29) is 23.4 Å². The van der Waals surface area contributed by atoms with E-state index in [4.69, 9.17) is 0 Å². The monoisotopic (exact) mass is 428 g/mol. The first-order valence-corrected chi connectivity index (χ1v) is 12.5. The Morgan fingerprint density at radius 2 is 1.77 bits per heavy atom. The Hall–Kier alpha value is -2.18. The van der Waals surface area contributed by atoms with Crippen LogP contribution in [0.1, 0.15) is 49.4 Å². The van der Waals surface area contributed by atoms with Gasteiger partial charge in [-0.15, -0.1) is 0 Å². The Morgan fingerprint density at radius 1 is 1.10 bits per heavy atom. The van der Waals surface area contributed by atoms with Crippen molar-refractivity contribution < 1.29 is 13.2 Å². The van der Waals surface area contributed by atoms with Gasteiger partial charge in [-0.05, 0) is 66.8 Å². The van der Waals surface area contributed by atoms with E-state index in [1.54, 1.807) is 12.1 Å². The highest BCUT2D eigenvalue weighted by Gasteiger charge is 2.32. The minimum Gasteiger partial charge on any atom is -0.325 e. The molecule has 30 heavy (non-hydrogen) atoms. The molecular weight excluding hydrogens is 396 g/mol. The van der Waals surface area contributed by atoms with Crippen LogP contribution in [0.2, 0.25) is 0 Å². The third kappa shape index (κ3) is 6.16. The first-order chi connectivity index (χ1) is 14.1. The van der Waals surface area contributed by atoms with Crippen LogP contribution in [-0.4, -0.2) is 27.1 Å². The molecule has 0 spiro atoms. The minimum absolute atomic E-state index is 0.160. The fourth-order valence-corrected chi connectivity index (χ4v) is 4.33. The largest absolute Gasteiger partial charge is 0.325 e. The molecule has 0 saturated heterocycles. The molecule has 2 aromatic carbocycles. The van der Waals surface area contributed by atoms with Crippen LogP contribution in [0.15, 0.2) is 47.4 Å². The average Bonchev–Trinajstić information content (AvgIpc) is 3.49. The van der Waals surface area contributed by atoms with Crippen molar-refractivity contribution in [3.63, 3.8) is 0 Å². The highest BCUT2D eigenvalue weighted by Crippen LogP contribution is 2.41. The van der Waals surface area contributed by atoms with Gasteiger partial charge in [0.05, 0.1) is 11.4 Å². The Labute approximate surface area is 180 Å². The van der Waals surface area contributed by atoms with E-state index < -0.39 is 9.84 Å². The SMILES string of the molecule is Cc1ccc(S(C)(=O)=O)cc1NC(=O)CN[C@H](c1ccc(CC(C)C)cc1)C1CC1. The number of benzene rings is 2. The van der Waals surface area contributed by atoms with Crippen molar-refractivity contribution in [2.75, 3.05) is 18.1 Å². The van der Waals surface area contributed by atoms with Crippen molar-refractivity contribution in [1.29, 1.82) is 0 Å². The second-order valence-corrected chi connectivity index (χ2v) is 10.8. The molecular formula is C24H32N2O3S. The maximum Gasteiger partial charge on any atom is 0.238 e. The lowest BCUT2D eigenvalue weighted by Gasteiger charge is -2.19. The smallest absolute Gasteiger partial charge is 0.238 e. The van der Waals surface area contributed by atoms with Crippen LogP contribution in [0, 0.1) is 18.8 Å². The maximum atomic E-state index is 12.6. The van der Waals surface area contributed by atoms with Crippen molar-refractivity contribution >= 4 is 21.4 Å². The molecule has 1 fully saturated rings. The van der Waals surface area contributed by atoms with Crippen LogP contribution >= 0.6 is 0 Å². The van der Waals surface area contributed by atoms with Gasteiger partial charge in [0, 0.05) is 18.0 Å². The number of carbonyl (C=O) groups is 1. The van der Waals surface area contributed by atoms with Gasteiger partial charge in [0.1, 0.15) is 0 Å². The summed E-state index contributed by atoms with van der Waals surface area (Å²) in [6, 6.07) is 13.7. The van der Waals surface area contributed by atoms with Crippen LogP contribution in [-0.2, 0) is 21.1 Å². The lowest BCUT2D eigenvalue weighted by molar-refractivity contribution is -0.115. The van der Waals surface area contributed by atoms with Gasteiger partial charge in [-0.2, -0.15) is 0 Å². The zero-order valence-corrected chi connectivity index (χ0v) is 19.1. The molecule has 0 heterocycles. The maximum absolute atomic E-state index is 12.6. The summed E-state index contributed by atoms with van der Waals surface area (Å²) in [5.41, 5.74) is 3.91. The molecule has 3 rings (SSSR count). The molecule has 6 heteroatoms. The van der Waals surface area contributed by atoms with Crippen molar-refractivity contribution in [3.8, 4) is 0 Å². The Kier molecular flexibility index (Phi) is 6.98. The molecule has 0 aromatic heterocycles. The average molecular weight is 429 g/mol. The van der Waals surface area contributed by atoms with Gasteiger partial charge in [-0.3, -0.25) is 4.79 Å². The number of sulfone groups is 1. The Bertz CT molecular complexity index is 994. The zero-order chi connectivity index (χ0) is 21.9. The lowest BCUT2D eigenvalue weighted by Crippen LogP contribution is -2.32. The summed E-state index contributed by atoms with van der Waals surface area (Å²) in [5, 5.41) is 6.27. The molecule has 2 aromatic rings. The summed E-state index contributed by atoms with van der Waals surface area (Å²) in [7, 11) is -3.32. The lowest BCUT2D eigenvalue weighted by atomic mass is 9.97. The molecule has 5 nitrogen and oxygen atoms in total. The van der Waals surface area contributed by atoms with Crippen LogP contribution in [0.3, 0.4) is 0 Å². The minimum atomic E-state index is -3.32. The van der Waals surface area contributed by atoms with E-state index in [2.05, 4.69) is 48.7 Å². The van der Waals surface area contributed by atoms with Gasteiger partial charge < -0.3 is 10.6 Å². The molecule has 162 valence electrons. The second kappa shape index (κ2) is 9.31. The van der Waals surface area contributed by atoms with Crippen LogP contribution in [0.25, 0.3) is 0 Å². The van der Waals surface area contributed by atoms with Crippen molar-refractivity contribution in [1.82, 2.24) is 5.32 Å². The molecule has 1 amide bonds. The van der Waals surface area contributed by atoms with Crippen molar-refractivity contribution in [2.45, 2.75) is 51.0 Å². The molecule has 0 bridgehead atoms. The standard InChI is InChI=1S/C24H32N2O3S/c1-16(2)13-18-6-8-19(9-7-18)24(20-10-11-20)25-15-23(27)26-22-14-21(30(4,28)29)12-5-17(22)3/h5-9,12,14,16,20,24-25H,10-11,13,15H2,1-4H3,(H,26,27)/t24-/m1/s1. The summed E-state index contributed by atoms with van der Waals surface area (Å²) >= 11 is 0. The van der Waals surface area contributed by atoms with E-state index in [0.29, 0.717) is 17.5 Å². The summed E-state index contributed by atoms with van der Waals surface area (Å²) < 4.78 is 23.6. The predicted molar refractivity (Wildman–Crippen MR) is 121 cm³/mol. The van der Waals surface area contributed by atoms with Gasteiger partial charge in [0.25, 0.3) is 0 Å². The van der Waals surface area contributed by atoms with Crippen molar-refractivity contribution in [3.05, 3.63) is 59.2 Å². The number of nitrogens with one attached hydrogen (secondary N) is 2. The zero-order valence-electron chi connectivity index (χ0n) is 18.2. The second-order valence-electron chi connectivity index (χ2n) is 8.83. The topological polar surface area (TPSA) is 75.3 Å². The van der Waals surface area contributed by atoms with E-state index in [0.717, 1.165) is 18.2 Å². The predicted octanol–water partition coefficient (Wildman–Crippen LogP) is 4.28. The summed E-state index contributed by atoms with van der Waals surface area (Å²) in [5.74, 6) is 1.01. The molecule has 1 aliphatic carbocycles. The molecule has 1 saturated carbocycles. The van der Waals surface area contributed by atoms with E-state index in [1.807, 2.05) is 6.92 Å². The first kappa shape index (κ1) is 22.5. The van der Waals surface area contributed by atoms with E-state index in [1.165, 1.54) is 30.0 Å². The van der Waals surface area contributed by atoms with E-state index in [9.17, 15) is 13.2 Å². The molecule has 0 radical (unpaired) electrons. The number of aryl methyl sites for hydroxylation is 1. The molecule has 2 N–H and O–H groups in total. The van der Waals surface area contributed by atoms with Gasteiger partial charge in [-0.25, -0.2) is 8.42 Å². The first-order valence-electron chi connectivity index (χ1n) is 10.6. The van der Waals surface area contributed by atoms with Gasteiger partial charge in [0.2, 0.25) is 5.91 Å². The van der Waals surface area contributed by atoms with Gasteiger partial charge >= 0.3 is 0 Å². The summed E-state index contributed by atoms with van der Waals surface area (Å²) in [4.78, 5) is 12.8. The summed E-state index contributed by atoms with van der Waals surface area (Å²) in [6.45, 7) is 6.46. The molecule has 1 aliphatic rings. The number of carbonyl (C=O) groups excluding carboxylic acids is 1. The van der Waals surface area contributed by atoms with E-state index >= 15 is 0 Å². The van der Waals surface area contributed by atoms with Crippen LogP contribution in [0.5, 0.6) is 0 Å². The third-order valence-corrected chi connectivity index (χ3v) is 6.58. The number of amides is 1. The Balaban J connectivity index is 1.64. The number of anilines is 1. The quantitative estimate of drug-likeness (QED) is 0.625. The van der Waals surface area contributed by atoms with Crippen LogP contribution in [0.4, 0.5) is 5.69 Å². The summed E-state index contributed by atoms with van der Waals surface area (Å²) in [6.07, 6.45) is 4.57. The van der Waals surface area contributed by atoms with Gasteiger partial charge in [-0.1, -0.05) is 44.2 Å². The fourth-order valence-electron chi connectivity index (χ4n) is 3.68. The molecule has 0 aliphatic heterocycles. The van der Waals surface area contributed by atoms with Crippen LogP contribution < -0.4 is 10.6 Å². The fraction of sp³-hybridized carbons (Fsp3) is 0.458. The molecule has 1 atom stereocenters. The molecule has 0 unspecified atom stereocenters.